The number of carbonyl (C=O) groups is 1. The molecule has 2 aliphatic heterocycles. The van der Waals surface area contributed by atoms with E-state index in [0.717, 1.165) is 13.1 Å². The number of carbonyl (C=O) groups excluding carboxylic acids is 1. The maximum Gasteiger partial charge on any atom is 0.320 e. The van der Waals surface area contributed by atoms with Crippen molar-refractivity contribution in [3.63, 3.8) is 0 Å². The third-order valence-electron chi connectivity index (χ3n) is 2.39. The van der Waals surface area contributed by atoms with E-state index in [4.69, 9.17) is 0 Å². The third-order valence-corrected chi connectivity index (χ3v) is 2.39. The molecule has 2 rings (SSSR count). The summed E-state index contributed by atoms with van der Waals surface area (Å²) in [6.07, 6.45) is 2.18. The van der Waals surface area contributed by atoms with E-state index in [-0.39, 0.29) is 6.03 Å². The molecule has 0 spiro atoms. The summed E-state index contributed by atoms with van der Waals surface area (Å²) in [5.41, 5.74) is 1.30. The van der Waals surface area contributed by atoms with Crippen molar-refractivity contribution in [2.24, 2.45) is 0 Å². The van der Waals surface area contributed by atoms with Gasteiger partial charge in [-0.3, -0.25) is 0 Å². The standard InChI is InChI=1S/C8H12N2O/c1-6-3-7-5-10(4-6)8(11)9(7)2/h3,7H,4-5H2,1-2H3. The van der Waals surface area contributed by atoms with Crippen LogP contribution in [0.2, 0.25) is 0 Å². The van der Waals surface area contributed by atoms with Crippen LogP contribution in [0.25, 0.3) is 0 Å². The molecule has 0 aromatic rings. The van der Waals surface area contributed by atoms with Gasteiger partial charge in [0.15, 0.2) is 0 Å². The van der Waals surface area contributed by atoms with E-state index >= 15 is 0 Å². The van der Waals surface area contributed by atoms with Crippen molar-refractivity contribution in [1.29, 1.82) is 0 Å². The first-order valence-electron chi connectivity index (χ1n) is 3.87. The molecule has 60 valence electrons. The van der Waals surface area contributed by atoms with Crippen LogP contribution in [0.4, 0.5) is 4.79 Å². The summed E-state index contributed by atoms with van der Waals surface area (Å²) < 4.78 is 0. The van der Waals surface area contributed by atoms with E-state index in [2.05, 4.69) is 13.0 Å². The van der Waals surface area contributed by atoms with Gasteiger partial charge in [-0.15, -0.1) is 0 Å². The van der Waals surface area contributed by atoms with Crippen molar-refractivity contribution in [1.82, 2.24) is 9.80 Å². The highest BCUT2D eigenvalue weighted by molar-refractivity contribution is 5.78. The molecule has 2 aliphatic rings. The van der Waals surface area contributed by atoms with Gasteiger partial charge >= 0.3 is 6.03 Å². The van der Waals surface area contributed by atoms with Crippen molar-refractivity contribution in [2.75, 3.05) is 20.1 Å². The second-order valence-corrected chi connectivity index (χ2v) is 3.35. The molecule has 0 aromatic heterocycles. The largest absolute Gasteiger partial charge is 0.320 e. The molecule has 1 saturated heterocycles. The van der Waals surface area contributed by atoms with Gasteiger partial charge in [0.25, 0.3) is 0 Å². The van der Waals surface area contributed by atoms with E-state index in [9.17, 15) is 4.79 Å². The molecule has 0 radical (unpaired) electrons. The topological polar surface area (TPSA) is 23.6 Å². The lowest BCUT2D eigenvalue weighted by Gasteiger charge is -2.18. The number of fused-ring (bicyclic) bond motifs is 2. The Hall–Kier alpha value is -0.990. The first-order chi connectivity index (χ1) is 5.18. The Labute approximate surface area is 66.3 Å². The highest BCUT2D eigenvalue weighted by atomic mass is 16.2. The van der Waals surface area contributed by atoms with Gasteiger partial charge in [0.2, 0.25) is 0 Å². The Morgan fingerprint density at radius 1 is 1.64 bits per heavy atom. The average Bonchev–Trinajstić information content (AvgIpc) is 2.16. The fraction of sp³-hybridized carbons (Fsp3) is 0.625. The van der Waals surface area contributed by atoms with Crippen molar-refractivity contribution in [2.45, 2.75) is 13.0 Å². The summed E-state index contributed by atoms with van der Waals surface area (Å²) in [5.74, 6) is 0. The Morgan fingerprint density at radius 2 is 2.36 bits per heavy atom. The molecule has 1 unspecified atom stereocenters. The SMILES string of the molecule is CC1=CC2CN(C1)C(=O)N2C. The third kappa shape index (κ3) is 0.836. The van der Waals surface area contributed by atoms with Crippen LogP contribution >= 0.6 is 0 Å². The average molecular weight is 152 g/mol. The number of rotatable bonds is 0. The second kappa shape index (κ2) is 2.00. The maximum atomic E-state index is 11.4. The predicted molar refractivity (Wildman–Crippen MR) is 42.3 cm³/mol. The number of hydrogen-bond donors (Lipinski definition) is 0. The van der Waals surface area contributed by atoms with Crippen molar-refractivity contribution >= 4 is 6.03 Å². The summed E-state index contributed by atoms with van der Waals surface area (Å²) in [6.45, 7) is 3.78. The van der Waals surface area contributed by atoms with Gasteiger partial charge in [-0.25, -0.2) is 4.79 Å². The molecule has 11 heavy (non-hydrogen) atoms. The van der Waals surface area contributed by atoms with Crippen LogP contribution in [-0.4, -0.2) is 42.0 Å². The zero-order chi connectivity index (χ0) is 8.01. The molecule has 2 heterocycles. The molecule has 1 atom stereocenters. The molecule has 0 aliphatic carbocycles. The number of hydrogen-bond acceptors (Lipinski definition) is 1. The molecular formula is C8H12N2O. The normalized spacial score (nSPS) is 29.5. The Kier molecular flexibility index (Phi) is 1.22. The molecule has 2 bridgehead atoms. The van der Waals surface area contributed by atoms with Crippen molar-refractivity contribution in [3.8, 4) is 0 Å². The van der Waals surface area contributed by atoms with Gasteiger partial charge in [0, 0.05) is 20.1 Å². The highest BCUT2D eigenvalue weighted by Crippen LogP contribution is 2.21. The summed E-state index contributed by atoms with van der Waals surface area (Å²) in [4.78, 5) is 15.0. The zero-order valence-corrected chi connectivity index (χ0v) is 6.87. The predicted octanol–water partition coefficient (Wildman–Crippen LogP) is 0.682. The van der Waals surface area contributed by atoms with E-state index in [1.807, 2.05) is 11.9 Å². The first-order valence-corrected chi connectivity index (χ1v) is 3.87. The van der Waals surface area contributed by atoms with Crippen LogP contribution in [0.3, 0.4) is 0 Å². The summed E-state index contributed by atoms with van der Waals surface area (Å²) in [5, 5.41) is 0. The number of likely N-dealkylation sites (N-methyl/N-ethyl adjacent to an activating group) is 1. The van der Waals surface area contributed by atoms with Crippen molar-refractivity contribution in [3.05, 3.63) is 11.6 Å². The van der Waals surface area contributed by atoms with Crippen LogP contribution in [0, 0.1) is 0 Å². The molecule has 3 nitrogen and oxygen atoms in total. The van der Waals surface area contributed by atoms with Crippen LogP contribution < -0.4 is 0 Å². The van der Waals surface area contributed by atoms with Crippen molar-refractivity contribution < 1.29 is 4.79 Å². The van der Waals surface area contributed by atoms with Crippen LogP contribution in [0.15, 0.2) is 11.6 Å². The van der Waals surface area contributed by atoms with Crippen LogP contribution in [-0.2, 0) is 0 Å². The Balaban J connectivity index is 2.31. The quantitative estimate of drug-likeness (QED) is 0.468. The molecule has 0 aromatic carbocycles. The van der Waals surface area contributed by atoms with Crippen LogP contribution in [0.1, 0.15) is 6.92 Å². The lowest BCUT2D eigenvalue weighted by atomic mass is 10.1. The maximum absolute atomic E-state index is 11.4. The molecule has 1 fully saturated rings. The van der Waals surface area contributed by atoms with Gasteiger partial charge in [0.05, 0.1) is 6.04 Å². The van der Waals surface area contributed by atoms with E-state index in [1.54, 1.807) is 4.90 Å². The number of urea groups is 1. The number of nitrogens with zero attached hydrogens (tertiary/aromatic N) is 2. The van der Waals surface area contributed by atoms with Gasteiger partial charge in [-0.1, -0.05) is 11.6 Å². The van der Waals surface area contributed by atoms with E-state index in [0.29, 0.717) is 6.04 Å². The fourth-order valence-corrected chi connectivity index (χ4v) is 1.77. The summed E-state index contributed by atoms with van der Waals surface area (Å²) in [6, 6.07) is 0.499. The molecule has 0 N–H and O–H groups in total. The van der Waals surface area contributed by atoms with Gasteiger partial charge in [0.1, 0.15) is 0 Å². The minimum Gasteiger partial charge on any atom is -0.319 e. The van der Waals surface area contributed by atoms with Gasteiger partial charge in [-0.05, 0) is 6.92 Å². The number of amides is 2. The Bertz CT molecular complexity index is 234. The summed E-state index contributed by atoms with van der Waals surface area (Å²) >= 11 is 0. The minimum absolute atomic E-state index is 0.170. The zero-order valence-electron chi connectivity index (χ0n) is 6.87. The molecule has 3 heteroatoms. The minimum atomic E-state index is 0.170. The Morgan fingerprint density at radius 3 is 3.00 bits per heavy atom. The monoisotopic (exact) mass is 152 g/mol. The first kappa shape index (κ1) is 6.70. The van der Waals surface area contributed by atoms with Gasteiger partial charge in [-0.2, -0.15) is 0 Å². The van der Waals surface area contributed by atoms with E-state index in [1.165, 1.54) is 5.57 Å². The highest BCUT2D eigenvalue weighted by Gasteiger charge is 2.35. The van der Waals surface area contributed by atoms with E-state index < -0.39 is 0 Å². The van der Waals surface area contributed by atoms with Gasteiger partial charge < -0.3 is 9.80 Å². The fourth-order valence-electron chi connectivity index (χ4n) is 1.77. The lowest BCUT2D eigenvalue weighted by Crippen LogP contribution is -2.30. The summed E-state index contributed by atoms with van der Waals surface area (Å²) in [7, 11) is 1.86. The molecular weight excluding hydrogens is 140 g/mol. The second-order valence-electron chi connectivity index (χ2n) is 3.35. The van der Waals surface area contributed by atoms with Crippen LogP contribution in [0.5, 0.6) is 0 Å². The molecule has 2 amide bonds. The lowest BCUT2D eigenvalue weighted by molar-refractivity contribution is 0.201. The smallest absolute Gasteiger partial charge is 0.319 e. The molecule has 0 saturated carbocycles.